The third kappa shape index (κ3) is 2.46. The molecule has 3 heteroatoms. The number of benzene rings is 1. The molecule has 0 radical (unpaired) electrons. The Balaban J connectivity index is 1.96. The molecule has 0 aliphatic heterocycles. The molecule has 1 N–H and O–H groups in total. The lowest BCUT2D eigenvalue weighted by atomic mass is 10.1. The van der Waals surface area contributed by atoms with Crippen LogP contribution in [0.15, 0.2) is 24.3 Å². The smallest absolute Gasteiger partial charge is 0.228 e. The zero-order chi connectivity index (χ0) is 11.8. The number of rotatable bonds is 3. The van der Waals surface area contributed by atoms with Crippen LogP contribution < -0.4 is 5.32 Å². The summed E-state index contributed by atoms with van der Waals surface area (Å²) in [7, 11) is 0. The first-order valence-electron chi connectivity index (χ1n) is 5.49. The number of carbonyl (C=O) groups is 1. The molecule has 0 saturated heterocycles. The largest absolute Gasteiger partial charge is 0.326 e. The molecule has 16 heavy (non-hydrogen) atoms. The van der Waals surface area contributed by atoms with Crippen molar-refractivity contribution in [1.29, 1.82) is 0 Å². The van der Waals surface area contributed by atoms with E-state index in [2.05, 4.69) is 35.1 Å². The van der Waals surface area contributed by atoms with Gasteiger partial charge in [0.2, 0.25) is 5.91 Å². The molecule has 1 aliphatic carbocycles. The minimum absolute atomic E-state index is 0.150. The van der Waals surface area contributed by atoms with Gasteiger partial charge in [0.05, 0.1) is 0 Å². The summed E-state index contributed by atoms with van der Waals surface area (Å²) in [6, 6.07) is 7.93. The fourth-order valence-electron chi connectivity index (χ4n) is 1.82. The number of amides is 1. The van der Waals surface area contributed by atoms with E-state index in [-0.39, 0.29) is 17.2 Å². The van der Waals surface area contributed by atoms with Crippen LogP contribution in [-0.4, -0.2) is 5.91 Å². The molecule has 1 atom stereocenters. The molecule has 1 amide bonds. The third-order valence-corrected chi connectivity index (χ3v) is 3.85. The van der Waals surface area contributed by atoms with Crippen LogP contribution in [0.25, 0.3) is 0 Å². The van der Waals surface area contributed by atoms with Gasteiger partial charge in [0, 0.05) is 16.9 Å². The summed E-state index contributed by atoms with van der Waals surface area (Å²) >= 11 is 3.39. The topological polar surface area (TPSA) is 29.1 Å². The van der Waals surface area contributed by atoms with Crippen molar-refractivity contribution in [2.75, 3.05) is 5.32 Å². The maximum atomic E-state index is 11.8. The van der Waals surface area contributed by atoms with Crippen LogP contribution in [-0.2, 0) is 10.1 Å². The summed E-state index contributed by atoms with van der Waals surface area (Å²) in [5, 5.41) is 3.80. The van der Waals surface area contributed by atoms with E-state index in [9.17, 15) is 4.79 Å². The van der Waals surface area contributed by atoms with Crippen molar-refractivity contribution in [3.63, 3.8) is 0 Å². The Morgan fingerprint density at radius 3 is 2.44 bits per heavy atom. The van der Waals surface area contributed by atoms with Gasteiger partial charge >= 0.3 is 0 Å². The molecule has 1 fully saturated rings. The maximum Gasteiger partial charge on any atom is 0.228 e. The first kappa shape index (κ1) is 11.6. The van der Waals surface area contributed by atoms with Crippen molar-refractivity contribution in [2.45, 2.75) is 25.6 Å². The van der Waals surface area contributed by atoms with Gasteiger partial charge in [0.15, 0.2) is 0 Å². The summed E-state index contributed by atoms with van der Waals surface area (Å²) in [4.78, 5) is 11.8. The van der Waals surface area contributed by atoms with Crippen molar-refractivity contribution in [3.8, 4) is 0 Å². The Morgan fingerprint density at radius 1 is 1.44 bits per heavy atom. The lowest BCUT2D eigenvalue weighted by Gasteiger charge is -2.06. The summed E-state index contributed by atoms with van der Waals surface area (Å²) in [6.45, 7) is 4.26. The van der Waals surface area contributed by atoms with Gasteiger partial charge < -0.3 is 5.32 Å². The van der Waals surface area contributed by atoms with Crippen molar-refractivity contribution in [1.82, 2.24) is 0 Å². The van der Waals surface area contributed by atoms with Gasteiger partial charge in [-0.15, -0.1) is 0 Å². The molecule has 0 aromatic heterocycles. The highest BCUT2D eigenvalue weighted by Crippen LogP contribution is 2.51. The fourth-order valence-corrected chi connectivity index (χ4v) is 2.20. The van der Waals surface area contributed by atoms with Gasteiger partial charge in [0.25, 0.3) is 0 Å². The van der Waals surface area contributed by atoms with E-state index in [1.807, 2.05) is 24.3 Å². The highest BCUT2D eigenvalue weighted by atomic mass is 79.9. The number of anilines is 1. The van der Waals surface area contributed by atoms with Crippen molar-refractivity contribution >= 4 is 27.5 Å². The fraction of sp³-hybridized carbons (Fsp3) is 0.462. The van der Waals surface area contributed by atoms with Crippen molar-refractivity contribution in [3.05, 3.63) is 29.8 Å². The zero-order valence-electron chi connectivity index (χ0n) is 9.59. The third-order valence-electron chi connectivity index (χ3n) is 3.21. The van der Waals surface area contributed by atoms with E-state index in [1.165, 1.54) is 5.56 Å². The van der Waals surface area contributed by atoms with Crippen molar-refractivity contribution < 1.29 is 4.79 Å². The number of carbonyl (C=O) groups excluding carboxylic acids is 1. The predicted molar refractivity (Wildman–Crippen MR) is 69.6 cm³/mol. The number of hydrogen-bond donors (Lipinski definition) is 1. The van der Waals surface area contributed by atoms with Crippen LogP contribution in [0.3, 0.4) is 0 Å². The van der Waals surface area contributed by atoms with E-state index in [4.69, 9.17) is 0 Å². The SMILES string of the molecule is CC1(C)CC1C(=O)Nc1ccc(CBr)cc1. The van der Waals surface area contributed by atoms with E-state index >= 15 is 0 Å². The second-order valence-electron chi connectivity index (χ2n) is 5.07. The Kier molecular flexibility index (Phi) is 3.06. The van der Waals surface area contributed by atoms with Gasteiger partial charge in [-0.05, 0) is 29.5 Å². The lowest BCUT2D eigenvalue weighted by Crippen LogP contribution is -2.16. The molecule has 1 saturated carbocycles. The molecule has 1 unspecified atom stereocenters. The van der Waals surface area contributed by atoms with Gasteiger partial charge in [-0.1, -0.05) is 41.9 Å². The minimum atomic E-state index is 0.150. The van der Waals surface area contributed by atoms with E-state index in [0.29, 0.717) is 0 Å². The predicted octanol–water partition coefficient (Wildman–Crippen LogP) is 3.57. The zero-order valence-corrected chi connectivity index (χ0v) is 11.2. The molecular weight excluding hydrogens is 266 g/mol. The summed E-state index contributed by atoms with van der Waals surface area (Å²) < 4.78 is 0. The molecule has 86 valence electrons. The molecule has 2 rings (SSSR count). The lowest BCUT2D eigenvalue weighted by molar-refractivity contribution is -0.117. The standard InChI is InChI=1S/C13H16BrNO/c1-13(2)7-11(13)12(16)15-10-5-3-9(8-14)4-6-10/h3-6,11H,7-8H2,1-2H3,(H,15,16). The van der Waals surface area contributed by atoms with Crippen LogP contribution in [0.2, 0.25) is 0 Å². The Bertz CT molecular complexity index is 397. The van der Waals surface area contributed by atoms with Crippen LogP contribution in [0.4, 0.5) is 5.69 Å². The maximum absolute atomic E-state index is 11.8. The number of alkyl halides is 1. The minimum Gasteiger partial charge on any atom is -0.326 e. The van der Waals surface area contributed by atoms with Crippen molar-refractivity contribution in [2.24, 2.45) is 11.3 Å². The van der Waals surface area contributed by atoms with Gasteiger partial charge in [-0.2, -0.15) is 0 Å². The molecule has 1 aromatic carbocycles. The van der Waals surface area contributed by atoms with E-state index in [1.54, 1.807) is 0 Å². The number of halogens is 1. The Hall–Kier alpha value is -0.830. The molecular formula is C13H16BrNO. The average Bonchev–Trinajstić information content (AvgIpc) is 2.89. The second-order valence-corrected chi connectivity index (χ2v) is 5.63. The van der Waals surface area contributed by atoms with E-state index < -0.39 is 0 Å². The van der Waals surface area contributed by atoms with Crippen LogP contribution in [0.5, 0.6) is 0 Å². The Labute approximate surface area is 105 Å². The normalized spacial score (nSPS) is 21.6. The molecule has 2 nitrogen and oxygen atoms in total. The molecule has 1 aromatic rings. The molecule has 0 heterocycles. The van der Waals surface area contributed by atoms with Crippen LogP contribution in [0.1, 0.15) is 25.8 Å². The number of nitrogens with one attached hydrogen (secondary N) is 1. The summed E-state index contributed by atoms with van der Waals surface area (Å²) in [5.41, 5.74) is 2.29. The summed E-state index contributed by atoms with van der Waals surface area (Å²) in [5.74, 6) is 0.333. The number of hydrogen-bond acceptors (Lipinski definition) is 1. The first-order chi connectivity index (χ1) is 7.53. The highest BCUT2D eigenvalue weighted by molar-refractivity contribution is 9.08. The Morgan fingerprint density at radius 2 is 2.00 bits per heavy atom. The quantitative estimate of drug-likeness (QED) is 0.844. The second kappa shape index (κ2) is 4.21. The van der Waals surface area contributed by atoms with Gasteiger partial charge in [0.1, 0.15) is 0 Å². The van der Waals surface area contributed by atoms with Crippen LogP contribution in [0, 0.1) is 11.3 Å². The molecule has 1 aliphatic rings. The highest BCUT2D eigenvalue weighted by Gasteiger charge is 2.50. The summed E-state index contributed by atoms with van der Waals surface area (Å²) in [6.07, 6.45) is 0.998. The molecule has 0 spiro atoms. The molecule has 0 bridgehead atoms. The van der Waals surface area contributed by atoms with E-state index in [0.717, 1.165) is 17.4 Å². The monoisotopic (exact) mass is 281 g/mol. The van der Waals surface area contributed by atoms with Gasteiger partial charge in [-0.25, -0.2) is 0 Å². The van der Waals surface area contributed by atoms with Gasteiger partial charge in [-0.3, -0.25) is 4.79 Å². The first-order valence-corrected chi connectivity index (χ1v) is 6.61. The average molecular weight is 282 g/mol. The van der Waals surface area contributed by atoms with Crippen LogP contribution >= 0.6 is 15.9 Å².